The summed E-state index contributed by atoms with van der Waals surface area (Å²) in [5.74, 6) is 0.288. The zero-order valence-electron chi connectivity index (χ0n) is 9.59. The highest BCUT2D eigenvalue weighted by Gasteiger charge is 2.32. The van der Waals surface area contributed by atoms with Gasteiger partial charge in [-0.15, -0.1) is 22.9 Å². The van der Waals surface area contributed by atoms with E-state index >= 15 is 0 Å². The van der Waals surface area contributed by atoms with Gasteiger partial charge in [-0.05, 0) is 13.5 Å². The molecule has 1 atom stereocenters. The maximum Gasteiger partial charge on any atom is 0.401 e. The summed E-state index contributed by atoms with van der Waals surface area (Å²) < 4.78 is 36.9. The maximum atomic E-state index is 12.3. The van der Waals surface area contributed by atoms with Crippen LogP contribution in [0.4, 0.5) is 13.2 Å². The van der Waals surface area contributed by atoms with Crippen LogP contribution in [-0.4, -0.2) is 29.7 Å². The second-order valence-corrected chi connectivity index (χ2v) is 4.92. The van der Waals surface area contributed by atoms with Gasteiger partial charge in [0.1, 0.15) is 5.01 Å². The van der Waals surface area contributed by atoms with E-state index in [1.54, 1.807) is 5.38 Å². The fraction of sp³-hybridized carbons (Fsp3) is 0.700. The Balaban J connectivity index is 2.76. The van der Waals surface area contributed by atoms with Crippen LogP contribution in [0.25, 0.3) is 0 Å². The first-order valence-corrected chi connectivity index (χ1v) is 6.56. The van der Waals surface area contributed by atoms with Gasteiger partial charge in [-0.25, -0.2) is 4.98 Å². The lowest BCUT2D eigenvalue weighted by molar-refractivity contribution is -0.147. The Kier molecular flexibility index (Phi) is 5.22. The zero-order valence-corrected chi connectivity index (χ0v) is 11.2. The second-order valence-electron chi connectivity index (χ2n) is 3.77. The van der Waals surface area contributed by atoms with Crippen LogP contribution in [0.15, 0.2) is 5.38 Å². The predicted octanol–water partition coefficient (Wildman–Crippen LogP) is 3.83. The van der Waals surface area contributed by atoms with Crippen LogP contribution in [0.3, 0.4) is 0 Å². The van der Waals surface area contributed by atoms with Gasteiger partial charge in [0.25, 0.3) is 0 Å². The van der Waals surface area contributed by atoms with Crippen LogP contribution in [0.5, 0.6) is 0 Å². The quantitative estimate of drug-likeness (QED) is 0.765. The molecule has 0 radical (unpaired) electrons. The number of rotatable bonds is 5. The molecule has 17 heavy (non-hydrogen) atoms. The highest BCUT2D eigenvalue weighted by Crippen LogP contribution is 2.29. The molecule has 0 aliphatic carbocycles. The van der Waals surface area contributed by atoms with Crippen molar-refractivity contribution in [2.24, 2.45) is 0 Å². The molecule has 2 nitrogen and oxygen atoms in total. The van der Waals surface area contributed by atoms with E-state index in [0.717, 1.165) is 0 Å². The Morgan fingerprint density at radius 1 is 1.53 bits per heavy atom. The van der Waals surface area contributed by atoms with Crippen molar-refractivity contribution in [2.75, 3.05) is 13.6 Å². The summed E-state index contributed by atoms with van der Waals surface area (Å²) in [5.41, 5.74) is 0.713. The van der Waals surface area contributed by atoms with Gasteiger partial charge in [-0.2, -0.15) is 13.2 Å². The summed E-state index contributed by atoms with van der Waals surface area (Å²) in [6.07, 6.45) is -3.60. The van der Waals surface area contributed by atoms with Crippen LogP contribution < -0.4 is 0 Å². The number of nitrogens with zero attached hydrogens (tertiary/aromatic N) is 2. The van der Waals surface area contributed by atoms with Gasteiger partial charge < -0.3 is 0 Å². The third kappa shape index (κ3) is 4.44. The molecule has 0 saturated heterocycles. The van der Waals surface area contributed by atoms with Crippen molar-refractivity contribution in [3.8, 4) is 0 Å². The van der Waals surface area contributed by atoms with Gasteiger partial charge in [-0.3, -0.25) is 4.90 Å². The molecule has 0 aromatic carbocycles. The number of aromatic nitrogens is 1. The summed E-state index contributed by atoms with van der Waals surface area (Å²) in [5, 5.41) is 2.47. The number of alkyl halides is 4. The van der Waals surface area contributed by atoms with Crippen molar-refractivity contribution in [2.45, 2.75) is 31.4 Å². The third-order valence-electron chi connectivity index (χ3n) is 2.34. The number of hydrogen-bond donors (Lipinski definition) is 0. The molecule has 0 amide bonds. The Bertz CT molecular complexity index is 354. The topological polar surface area (TPSA) is 16.1 Å². The molecular formula is C10H14ClF3N2S. The van der Waals surface area contributed by atoms with E-state index in [2.05, 4.69) is 4.98 Å². The zero-order chi connectivity index (χ0) is 13.1. The molecule has 0 bridgehead atoms. The van der Waals surface area contributed by atoms with Gasteiger partial charge in [0, 0.05) is 5.38 Å². The van der Waals surface area contributed by atoms with Crippen molar-refractivity contribution < 1.29 is 13.2 Å². The molecule has 0 fully saturated rings. The minimum Gasteiger partial charge on any atom is -0.289 e. The first-order chi connectivity index (χ1) is 7.87. The average Bonchev–Trinajstić information content (AvgIpc) is 2.64. The third-order valence-corrected chi connectivity index (χ3v) is 3.61. The Morgan fingerprint density at radius 3 is 2.59 bits per heavy atom. The molecule has 1 aromatic rings. The van der Waals surface area contributed by atoms with E-state index in [0.29, 0.717) is 17.1 Å². The molecule has 1 heterocycles. The van der Waals surface area contributed by atoms with E-state index < -0.39 is 12.7 Å². The summed E-state index contributed by atoms with van der Waals surface area (Å²) in [7, 11) is 1.46. The van der Waals surface area contributed by atoms with Crippen LogP contribution >= 0.6 is 22.9 Å². The standard InChI is InChI=1S/C10H14ClF3N2S/c1-3-8(16(2)6-10(12,13)14)9-15-7(4-11)5-17-9/h5,8H,3-4,6H2,1-2H3. The van der Waals surface area contributed by atoms with Gasteiger partial charge in [0.15, 0.2) is 0 Å². The van der Waals surface area contributed by atoms with E-state index in [-0.39, 0.29) is 11.9 Å². The maximum absolute atomic E-state index is 12.3. The normalized spacial score (nSPS) is 14.3. The minimum atomic E-state index is -4.19. The summed E-state index contributed by atoms with van der Waals surface area (Å²) in [4.78, 5) is 5.50. The van der Waals surface area contributed by atoms with E-state index in [4.69, 9.17) is 11.6 Å². The lowest BCUT2D eigenvalue weighted by atomic mass is 10.2. The molecular weight excluding hydrogens is 273 g/mol. The van der Waals surface area contributed by atoms with E-state index in [9.17, 15) is 13.2 Å². The predicted molar refractivity (Wildman–Crippen MR) is 63.4 cm³/mol. The first kappa shape index (κ1) is 14.7. The van der Waals surface area contributed by atoms with Gasteiger partial charge in [-0.1, -0.05) is 6.92 Å². The highest BCUT2D eigenvalue weighted by atomic mass is 35.5. The molecule has 1 aromatic heterocycles. The van der Waals surface area contributed by atoms with Crippen LogP contribution in [0.1, 0.15) is 30.1 Å². The molecule has 0 saturated carbocycles. The second kappa shape index (κ2) is 6.02. The SMILES string of the molecule is CCC(c1nc(CCl)cs1)N(C)CC(F)(F)F. The molecule has 1 rings (SSSR count). The number of hydrogen-bond acceptors (Lipinski definition) is 3. The first-order valence-electron chi connectivity index (χ1n) is 5.14. The molecule has 0 aliphatic rings. The highest BCUT2D eigenvalue weighted by molar-refractivity contribution is 7.09. The summed E-state index contributed by atoms with van der Waals surface area (Å²) in [6.45, 7) is 0.917. The van der Waals surface area contributed by atoms with E-state index in [1.165, 1.54) is 23.3 Å². The number of thiazole rings is 1. The lowest BCUT2D eigenvalue weighted by Gasteiger charge is -2.26. The molecule has 0 N–H and O–H groups in total. The molecule has 98 valence electrons. The van der Waals surface area contributed by atoms with Crippen molar-refractivity contribution in [1.29, 1.82) is 0 Å². The van der Waals surface area contributed by atoms with Crippen LogP contribution in [0, 0.1) is 0 Å². The summed E-state index contributed by atoms with van der Waals surface area (Å²) in [6, 6.07) is -0.307. The lowest BCUT2D eigenvalue weighted by Crippen LogP contribution is -2.34. The van der Waals surface area contributed by atoms with Crippen molar-refractivity contribution in [3.05, 3.63) is 16.1 Å². The Labute approximate surface area is 107 Å². The molecule has 0 spiro atoms. The van der Waals surface area contributed by atoms with Crippen molar-refractivity contribution >= 4 is 22.9 Å². The Hall–Kier alpha value is -0.330. The fourth-order valence-corrected chi connectivity index (χ4v) is 2.90. The minimum absolute atomic E-state index is 0.288. The van der Waals surface area contributed by atoms with E-state index in [1.807, 2.05) is 6.92 Å². The Morgan fingerprint density at radius 2 is 2.18 bits per heavy atom. The molecule has 0 aliphatic heterocycles. The molecule has 7 heteroatoms. The van der Waals surface area contributed by atoms with Crippen LogP contribution in [0.2, 0.25) is 0 Å². The smallest absolute Gasteiger partial charge is 0.289 e. The summed E-state index contributed by atoms with van der Waals surface area (Å²) >= 11 is 6.98. The van der Waals surface area contributed by atoms with Gasteiger partial charge >= 0.3 is 6.18 Å². The van der Waals surface area contributed by atoms with Crippen LogP contribution in [-0.2, 0) is 5.88 Å². The molecule has 1 unspecified atom stereocenters. The van der Waals surface area contributed by atoms with Gasteiger partial charge in [0.2, 0.25) is 0 Å². The van der Waals surface area contributed by atoms with Crippen molar-refractivity contribution in [1.82, 2.24) is 9.88 Å². The van der Waals surface area contributed by atoms with Gasteiger partial charge in [0.05, 0.1) is 24.2 Å². The van der Waals surface area contributed by atoms with Crippen molar-refractivity contribution in [3.63, 3.8) is 0 Å². The fourth-order valence-electron chi connectivity index (χ4n) is 1.60. The number of halogens is 4. The average molecular weight is 287 g/mol. The largest absolute Gasteiger partial charge is 0.401 e. The monoisotopic (exact) mass is 286 g/mol.